The minimum atomic E-state index is -0.135. The van der Waals surface area contributed by atoms with E-state index in [1.54, 1.807) is 12.1 Å². The maximum absolute atomic E-state index is 13.3. The number of nitrogens with one attached hydrogen (secondary N) is 1. The molecule has 0 radical (unpaired) electrons. The van der Waals surface area contributed by atoms with Crippen LogP contribution in [0, 0.1) is 18.7 Å². The average Bonchev–Trinajstić information content (AvgIpc) is 3.24. The molecule has 2 atom stereocenters. The molecule has 1 aliphatic heterocycles. The summed E-state index contributed by atoms with van der Waals surface area (Å²) >= 11 is 0. The Kier molecular flexibility index (Phi) is 4.06. The molecule has 1 aliphatic carbocycles. The van der Waals surface area contributed by atoms with E-state index in [4.69, 9.17) is 0 Å². The van der Waals surface area contributed by atoms with Gasteiger partial charge in [-0.2, -0.15) is 0 Å². The fourth-order valence-electron chi connectivity index (χ4n) is 3.64. The molecular weight excluding hydrogens is 263 g/mol. The normalized spacial score (nSPS) is 31.1. The van der Waals surface area contributed by atoms with Crippen LogP contribution in [-0.2, 0) is 6.54 Å². The molecule has 0 amide bonds. The number of aryl methyl sites for hydroxylation is 1. The van der Waals surface area contributed by atoms with Crippen molar-refractivity contribution in [1.82, 2.24) is 10.2 Å². The van der Waals surface area contributed by atoms with E-state index in [9.17, 15) is 4.39 Å². The smallest absolute Gasteiger partial charge is 0.123 e. The van der Waals surface area contributed by atoms with Crippen molar-refractivity contribution in [3.8, 4) is 0 Å². The van der Waals surface area contributed by atoms with Crippen LogP contribution in [0.5, 0.6) is 0 Å². The van der Waals surface area contributed by atoms with Crippen LogP contribution in [0.25, 0.3) is 0 Å². The Hall–Kier alpha value is -0.930. The van der Waals surface area contributed by atoms with Gasteiger partial charge in [0.1, 0.15) is 5.82 Å². The van der Waals surface area contributed by atoms with Crippen molar-refractivity contribution in [2.24, 2.45) is 5.92 Å². The lowest BCUT2D eigenvalue weighted by atomic mass is 9.94. The fraction of sp³-hybridized carbons (Fsp3) is 0.667. The van der Waals surface area contributed by atoms with Gasteiger partial charge in [0.05, 0.1) is 0 Å². The number of hydrogen-bond acceptors (Lipinski definition) is 2. The van der Waals surface area contributed by atoms with Gasteiger partial charge in [-0.15, -0.1) is 0 Å². The molecule has 3 heteroatoms. The number of rotatable bonds is 3. The zero-order chi connectivity index (χ0) is 15.0. The third-order valence-electron chi connectivity index (χ3n) is 5.40. The molecule has 21 heavy (non-hydrogen) atoms. The first-order valence-electron chi connectivity index (χ1n) is 8.22. The van der Waals surface area contributed by atoms with E-state index < -0.39 is 0 Å². The quantitative estimate of drug-likeness (QED) is 0.917. The van der Waals surface area contributed by atoms with Gasteiger partial charge < -0.3 is 5.32 Å². The van der Waals surface area contributed by atoms with E-state index in [1.165, 1.54) is 24.8 Å². The molecule has 1 aromatic rings. The van der Waals surface area contributed by atoms with E-state index in [0.717, 1.165) is 31.1 Å². The summed E-state index contributed by atoms with van der Waals surface area (Å²) in [6, 6.07) is 5.76. The maximum Gasteiger partial charge on any atom is 0.123 e. The molecule has 1 N–H and O–H groups in total. The molecule has 116 valence electrons. The fourth-order valence-corrected chi connectivity index (χ4v) is 3.64. The van der Waals surface area contributed by atoms with E-state index in [0.29, 0.717) is 6.04 Å². The zero-order valence-electron chi connectivity index (χ0n) is 13.5. The molecule has 2 fully saturated rings. The highest BCUT2D eigenvalue weighted by Crippen LogP contribution is 2.41. The number of benzene rings is 1. The van der Waals surface area contributed by atoms with Gasteiger partial charge in [0.2, 0.25) is 0 Å². The Morgan fingerprint density at radius 3 is 2.76 bits per heavy atom. The second-order valence-electron chi connectivity index (χ2n) is 7.23. The molecule has 3 rings (SSSR count). The summed E-state index contributed by atoms with van der Waals surface area (Å²) in [5.74, 6) is 0.698. The third-order valence-corrected chi connectivity index (χ3v) is 5.40. The van der Waals surface area contributed by atoms with Crippen LogP contribution in [0.4, 0.5) is 4.39 Å². The average molecular weight is 290 g/mol. The number of nitrogens with zero attached hydrogens (tertiary/aromatic N) is 1. The van der Waals surface area contributed by atoms with Gasteiger partial charge >= 0.3 is 0 Å². The predicted octanol–water partition coefficient (Wildman–Crippen LogP) is 3.49. The molecule has 2 nitrogen and oxygen atoms in total. The van der Waals surface area contributed by atoms with Gasteiger partial charge in [-0.3, -0.25) is 4.90 Å². The first-order chi connectivity index (χ1) is 9.98. The first kappa shape index (κ1) is 15.0. The van der Waals surface area contributed by atoms with Crippen molar-refractivity contribution in [2.45, 2.75) is 58.2 Å². The highest BCUT2D eigenvalue weighted by Gasteiger charge is 2.43. The molecule has 2 aliphatic rings. The minimum absolute atomic E-state index is 0.135. The van der Waals surface area contributed by atoms with Gasteiger partial charge in [-0.1, -0.05) is 6.07 Å². The molecule has 0 aromatic heterocycles. The molecule has 1 saturated carbocycles. The summed E-state index contributed by atoms with van der Waals surface area (Å²) in [5.41, 5.74) is 2.56. The van der Waals surface area contributed by atoms with Crippen LogP contribution in [0.15, 0.2) is 18.2 Å². The van der Waals surface area contributed by atoms with Crippen molar-refractivity contribution in [3.05, 3.63) is 35.1 Å². The molecule has 0 bridgehead atoms. The largest absolute Gasteiger partial charge is 0.310 e. The monoisotopic (exact) mass is 290 g/mol. The Morgan fingerprint density at radius 1 is 1.33 bits per heavy atom. The van der Waals surface area contributed by atoms with E-state index in [1.807, 2.05) is 13.0 Å². The van der Waals surface area contributed by atoms with Gasteiger partial charge in [-0.25, -0.2) is 4.39 Å². The van der Waals surface area contributed by atoms with Gasteiger partial charge in [0.25, 0.3) is 0 Å². The zero-order valence-corrected chi connectivity index (χ0v) is 13.5. The molecule has 0 spiro atoms. The van der Waals surface area contributed by atoms with Crippen molar-refractivity contribution in [2.75, 3.05) is 13.1 Å². The summed E-state index contributed by atoms with van der Waals surface area (Å²) in [5, 5.41) is 3.79. The SMILES string of the molecule is Cc1cc(F)ccc1CN1CC(C)(C2CC2)NCCC1C. The lowest BCUT2D eigenvalue weighted by Crippen LogP contribution is -2.51. The van der Waals surface area contributed by atoms with Gasteiger partial charge in [0.15, 0.2) is 0 Å². The van der Waals surface area contributed by atoms with Crippen molar-refractivity contribution in [1.29, 1.82) is 0 Å². The second kappa shape index (κ2) is 5.69. The van der Waals surface area contributed by atoms with Crippen LogP contribution in [-0.4, -0.2) is 29.6 Å². The lowest BCUT2D eigenvalue weighted by Gasteiger charge is -2.36. The second-order valence-corrected chi connectivity index (χ2v) is 7.23. The molecular formula is C18H27FN2. The predicted molar refractivity (Wildman–Crippen MR) is 84.8 cm³/mol. The Labute approximate surface area is 127 Å². The number of hydrogen-bond donors (Lipinski definition) is 1. The summed E-state index contributed by atoms with van der Waals surface area (Å²) < 4.78 is 13.3. The van der Waals surface area contributed by atoms with E-state index in [-0.39, 0.29) is 11.4 Å². The highest BCUT2D eigenvalue weighted by atomic mass is 19.1. The van der Waals surface area contributed by atoms with E-state index in [2.05, 4.69) is 24.1 Å². The van der Waals surface area contributed by atoms with Crippen LogP contribution < -0.4 is 5.32 Å². The summed E-state index contributed by atoms with van der Waals surface area (Å²) in [6.07, 6.45) is 3.91. The summed E-state index contributed by atoms with van der Waals surface area (Å²) in [7, 11) is 0. The highest BCUT2D eigenvalue weighted by molar-refractivity contribution is 5.26. The Morgan fingerprint density at radius 2 is 2.10 bits per heavy atom. The maximum atomic E-state index is 13.3. The molecule has 2 unspecified atom stereocenters. The van der Waals surface area contributed by atoms with E-state index >= 15 is 0 Å². The van der Waals surface area contributed by atoms with Crippen LogP contribution >= 0.6 is 0 Å². The molecule has 1 saturated heterocycles. The molecule has 1 aromatic carbocycles. The number of halogens is 1. The Bertz CT molecular complexity index is 512. The van der Waals surface area contributed by atoms with Crippen LogP contribution in [0.3, 0.4) is 0 Å². The van der Waals surface area contributed by atoms with Crippen LogP contribution in [0.2, 0.25) is 0 Å². The van der Waals surface area contributed by atoms with Gasteiger partial charge in [-0.05, 0) is 75.8 Å². The summed E-state index contributed by atoms with van der Waals surface area (Å²) in [4.78, 5) is 2.58. The van der Waals surface area contributed by atoms with Gasteiger partial charge in [0, 0.05) is 24.7 Å². The summed E-state index contributed by atoms with van der Waals surface area (Å²) in [6.45, 7) is 9.84. The topological polar surface area (TPSA) is 15.3 Å². The van der Waals surface area contributed by atoms with Crippen molar-refractivity contribution < 1.29 is 4.39 Å². The standard InChI is InChI=1S/C18H27FN2/c1-13-10-17(19)7-4-15(13)11-21-12-18(3,16-5-6-16)20-9-8-14(21)2/h4,7,10,14,16,20H,5-6,8-9,11-12H2,1-3H3. The molecule has 1 heterocycles. The third kappa shape index (κ3) is 3.29. The van der Waals surface area contributed by atoms with Crippen molar-refractivity contribution in [3.63, 3.8) is 0 Å². The first-order valence-corrected chi connectivity index (χ1v) is 8.22. The Balaban J connectivity index is 1.77. The van der Waals surface area contributed by atoms with Crippen molar-refractivity contribution >= 4 is 0 Å². The van der Waals surface area contributed by atoms with Crippen LogP contribution in [0.1, 0.15) is 44.2 Å². The minimum Gasteiger partial charge on any atom is -0.310 e. The lowest BCUT2D eigenvalue weighted by molar-refractivity contribution is 0.154.